The maximum Gasteiger partial charge on any atom is 0.260 e. The first-order valence-electron chi connectivity index (χ1n) is 7.33. The Hall–Kier alpha value is -1.80. The Kier molecular flexibility index (Phi) is 6.44. The monoisotopic (exact) mass is 410 g/mol. The third-order valence-electron chi connectivity index (χ3n) is 3.23. The molecular formula is C16H19BrN4O2S. The molecule has 0 aliphatic rings. The van der Waals surface area contributed by atoms with Gasteiger partial charge in [-0.1, -0.05) is 15.9 Å². The van der Waals surface area contributed by atoms with Gasteiger partial charge < -0.3 is 0 Å². The molecule has 24 heavy (non-hydrogen) atoms. The van der Waals surface area contributed by atoms with Gasteiger partial charge in [-0.2, -0.15) is 5.10 Å². The van der Waals surface area contributed by atoms with Gasteiger partial charge in [-0.15, -0.1) is 11.8 Å². The maximum atomic E-state index is 11.8. The molecule has 2 aromatic rings. The molecule has 0 radical (unpaired) electrons. The average Bonchev–Trinajstić information content (AvgIpc) is 2.82. The first kappa shape index (κ1) is 18.5. The third-order valence-corrected chi connectivity index (χ3v) is 4.90. The molecule has 0 saturated carbocycles. The first-order chi connectivity index (χ1) is 11.3. The lowest BCUT2D eigenvalue weighted by Gasteiger charge is -2.09. The lowest BCUT2D eigenvalue weighted by Crippen LogP contribution is -2.44. The van der Waals surface area contributed by atoms with E-state index in [4.69, 9.17) is 0 Å². The largest absolute Gasteiger partial charge is 0.272 e. The minimum Gasteiger partial charge on any atom is -0.272 e. The number of carbonyl (C=O) groups excluding carboxylic acids is 2. The van der Waals surface area contributed by atoms with Crippen LogP contribution in [0.1, 0.15) is 17.0 Å². The molecule has 0 aliphatic heterocycles. The zero-order valence-electron chi connectivity index (χ0n) is 13.7. The van der Waals surface area contributed by atoms with Gasteiger partial charge in [0, 0.05) is 15.1 Å². The van der Waals surface area contributed by atoms with Crippen molar-refractivity contribution in [3.63, 3.8) is 0 Å². The molecular weight excluding hydrogens is 392 g/mol. The van der Waals surface area contributed by atoms with E-state index in [9.17, 15) is 9.59 Å². The summed E-state index contributed by atoms with van der Waals surface area (Å²) in [7, 11) is 0. The molecule has 1 heterocycles. The van der Waals surface area contributed by atoms with Crippen LogP contribution >= 0.6 is 27.7 Å². The van der Waals surface area contributed by atoms with Crippen LogP contribution in [0.25, 0.3) is 0 Å². The van der Waals surface area contributed by atoms with Gasteiger partial charge in [0.05, 0.1) is 11.4 Å². The molecule has 128 valence electrons. The second-order valence-corrected chi connectivity index (χ2v) is 7.31. The zero-order valence-corrected chi connectivity index (χ0v) is 16.1. The van der Waals surface area contributed by atoms with Gasteiger partial charge in [0.15, 0.2) is 0 Å². The topological polar surface area (TPSA) is 76.0 Å². The van der Waals surface area contributed by atoms with Crippen LogP contribution in [0.3, 0.4) is 0 Å². The molecule has 0 aliphatic carbocycles. The number of carbonyl (C=O) groups is 2. The number of aromatic nitrogens is 2. The molecule has 6 nitrogen and oxygen atoms in total. The van der Waals surface area contributed by atoms with Gasteiger partial charge in [0.1, 0.15) is 6.54 Å². The van der Waals surface area contributed by atoms with Gasteiger partial charge in [-0.05, 0) is 50.6 Å². The summed E-state index contributed by atoms with van der Waals surface area (Å²) in [4.78, 5) is 24.7. The summed E-state index contributed by atoms with van der Waals surface area (Å²) in [5, 5.41) is 4.21. The highest BCUT2D eigenvalue weighted by Crippen LogP contribution is 2.24. The van der Waals surface area contributed by atoms with Crippen LogP contribution in [-0.4, -0.2) is 27.3 Å². The van der Waals surface area contributed by atoms with Crippen LogP contribution in [-0.2, 0) is 16.1 Å². The molecule has 0 bridgehead atoms. The smallest absolute Gasteiger partial charge is 0.260 e. The van der Waals surface area contributed by atoms with Gasteiger partial charge in [0.25, 0.3) is 5.91 Å². The summed E-state index contributed by atoms with van der Waals surface area (Å²) in [5.41, 5.74) is 7.67. The molecule has 1 aromatic heterocycles. The number of hydrazine groups is 1. The summed E-state index contributed by atoms with van der Waals surface area (Å²) < 4.78 is 2.60. The zero-order chi connectivity index (χ0) is 17.7. The average molecular weight is 411 g/mol. The fraction of sp³-hybridized carbons (Fsp3) is 0.312. The molecule has 0 spiro atoms. The fourth-order valence-corrected chi connectivity index (χ4v) is 3.39. The molecule has 0 fully saturated rings. The Morgan fingerprint density at radius 1 is 1.17 bits per heavy atom. The van der Waals surface area contributed by atoms with E-state index in [2.05, 4.69) is 31.9 Å². The highest BCUT2D eigenvalue weighted by atomic mass is 79.9. The number of hydrogen-bond donors (Lipinski definition) is 2. The second-order valence-electron chi connectivity index (χ2n) is 5.38. The van der Waals surface area contributed by atoms with E-state index in [-0.39, 0.29) is 24.1 Å². The van der Waals surface area contributed by atoms with Gasteiger partial charge >= 0.3 is 0 Å². The number of halogens is 1. The predicted molar refractivity (Wildman–Crippen MR) is 97.6 cm³/mol. The second kappa shape index (κ2) is 8.34. The molecule has 2 rings (SSSR count). The number of benzene rings is 1. The highest BCUT2D eigenvalue weighted by Gasteiger charge is 2.09. The van der Waals surface area contributed by atoms with E-state index in [1.165, 1.54) is 11.8 Å². The Morgan fingerprint density at radius 3 is 2.50 bits per heavy atom. The Balaban J connectivity index is 1.76. The van der Waals surface area contributed by atoms with Gasteiger partial charge in [-0.25, -0.2) is 0 Å². The third kappa shape index (κ3) is 5.38. The Morgan fingerprint density at radius 2 is 1.88 bits per heavy atom. The van der Waals surface area contributed by atoms with Gasteiger partial charge in [-0.3, -0.25) is 25.1 Å². The number of aryl methyl sites for hydroxylation is 3. The summed E-state index contributed by atoms with van der Waals surface area (Å²) in [6.45, 7) is 5.80. The van der Waals surface area contributed by atoms with Crippen LogP contribution in [0.15, 0.2) is 33.6 Å². The molecule has 2 amide bonds. The number of amides is 2. The van der Waals surface area contributed by atoms with Crippen LogP contribution < -0.4 is 10.9 Å². The highest BCUT2D eigenvalue weighted by molar-refractivity contribution is 9.10. The standard InChI is InChI=1S/C16H19BrN4O2S/c1-10-6-13(17)4-5-14(10)24-9-16(23)19-18-15(22)8-21-12(3)7-11(2)20-21/h4-7H,8-9H2,1-3H3,(H,18,22)(H,19,23). The van der Waals surface area contributed by atoms with Gasteiger partial charge in [0.2, 0.25) is 5.91 Å². The molecule has 0 saturated heterocycles. The molecule has 0 atom stereocenters. The summed E-state index contributed by atoms with van der Waals surface area (Å²) in [5.74, 6) is -0.355. The molecule has 1 aromatic carbocycles. The molecule has 8 heteroatoms. The number of nitrogens with one attached hydrogen (secondary N) is 2. The number of nitrogens with zero attached hydrogens (tertiary/aromatic N) is 2. The van der Waals surface area contributed by atoms with E-state index in [0.717, 1.165) is 26.3 Å². The van der Waals surface area contributed by atoms with Crippen molar-refractivity contribution in [3.05, 3.63) is 45.7 Å². The minimum absolute atomic E-state index is 0.0684. The summed E-state index contributed by atoms with van der Waals surface area (Å²) >= 11 is 4.83. The van der Waals surface area contributed by atoms with E-state index >= 15 is 0 Å². The van der Waals surface area contributed by atoms with Crippen molar-refractivity contribution in [1.82, 2.24) is 20.6 Å². The lowest BCUT2D eigenvalue weighted by molar-refractivity contribution is -0.128. The van der Waals surface area contributed by atoms with Crippen LogP contribution in [0.4, 0.5) is 0 Å². The number of rotatable bonds is 5. The van der Waals surface area contributed by atoms with Crippen molar-refractivity contribution in [2.45, 2.75) is 32.2 Å². The van der Waals surface area contributed by atoms with Crippen LogP contribution in [0.5, 0.6) is 0 Å². The van der Waals surface area contributed by atoms with Crippen LogP contribution in [0, 0.1) is 20.8 Å². The number of hydrogen-bond acceptors (Lipinski definition) is 4. The molecule has 2 N–H and O–H groups in total. The van der Waals surface area contributed by atoms with Crippen molar-refractivity contribution in [1.29, 1.82) is 0 Å². The first-order valence-corrected chi connectivity index (χ1v) is 9.10. The summed E-state index contributed by atoms with van der Waals surface area (Å²) in [6.07, 6.45) is 0. The fourth-order valence-electron chi connectivity index (χ4n) is 2.10. The van der Waals surface area contributed by atoms with Crippen LogP contribution in [0.2, 0.25) is 0 Å². The summed E-state index contributed by atoms with van der Waals surface area (Å²) in [6, 6.07) is 7.78. The normalized spacial score (nSPS) is 10.5. The van der Waals surface area contributed by atoms with Crippen molar-refractivity contribution in [3.8, 4) is 0 Å². The minimum atomic E-state index is -0.320. The Labute approximate surface area is 153 Å². The molecule has 0 unspecified atom stereocenters. The Bertz CT molecular complexity index is 761. The lowest BCUT2D eigenvalue weighted by atomic mass is 10.2. The quantitative estimate of drug-likeness (QED) is 0.586. The van der Waals surface area contributed by atoms with E-state index in [1.807, 2.05) is 45.0 Å². The van der Waals surface area contributed by atoms with Crippen molar-refractivity contribution in [2.24, 2.45) is 0 Å². The van der Waals surface area contributed by atoms with E-state index < -0.39 is 0 Å². The maximum absolute atomic E-state index is 11.8. The van der Waals surface area contributed by atoms with Crippen molar-refractivity contribution >= 4 is 39.5 Å². The SMILES string of the molecule is Cc1cc(C)n(CC(=O)NNC(=O)CSc2ccc(Br)cc2C)n1. The van der Waals surface area contributed by atoms with Crippen molar-refractivity contribution in [2.75, 3.05) is 5.75 Å². The van der Waals surface area contributed by atoms with E-state index in [1.54, 1.807) is 4.68 Å². The van der Waals surface area contributed by atoms with Crippen molar-refractivity contribution < 1.29 is 9.59 Å². The predicted octanol–water partition coefficient (Wildman–Crippen LogP) is 2.51. The van der Waals surface area contributed by atoms with E-state index in [0.29, 0.717) is 0 Å². The number of thioether (sulfide) groups is 1.